The molecule has 2 N–H and O–H groups in total. The molecule has 0 aromatic heterocycles. The van der Waals surface area contributed by atoms with E-state index in [0.717, 1.165) is 6.42 Å². The van der Waals surface area contributed by atoms with Gasteiger partial charge in [0.25, 0.3) is 5.91 Å². The van der Waals surface area contributed by atoms with Crippen molar-refractivity contribution in [2.45, 2.75) is 32.7 Å². The summed E-state index contributed by atoms with van der Waals surface area (Å²) in [5.41, 5.74) is 1.18. The molecule has 1 aromatic carbocycles. The molecule has 0 heterocycles. The third-order valence-corrected chi connectivity index (χ3v) is 2.94. The molecule has 5 nitrogen and oxygen atoms in total. The van der Waals surface area contributed by atoms with Crippen molar-refractivity contribution in [2.75, 3.05) is 6.61 Å². The van der Waals surface area contributed by atoms with Crippen molar-refractivity contribution in [3.05, 3.63) is 42.0 Å². The van der Waals surface area contributed by atoms with Crippen LogP contribution >= 0.6 is 0 Å². The van der Waals surface area contributed by atoms with E-state index < -0.39 is 17.9 Å². The average Bonchev–Trinajstić information content (AvgIpc) is 2.49. The van der Waals surface area contributed by atoms with E-state index in [1.54, 1.807) is 31.2 Å². The Morgan fingerprint density at radius 1 is 1.33 bits per heavy atom. The van der Waals surface area contributed by atoms with Crippen LogP contribution in [0, 0.1) is 0 Å². The fourth-order valence-electron chi connectivity index (χ4n) is 1.70. The van der Waals surface area contributed by atoms with E-state index >= 15 is 0 Å². The summed E-state index contributed by atoms with van der Waals surface area (Å²) in [6, 6.07) is 6.51. The molecule has 5 heteroatoms. The van der Waals surface area contributed by atoms with Gasteiger partial charge in [-0.25, -0.2) is 4.79 Å². The van der Waals surface area contributed by atoms with Crippen molar-refractivity contribution in [3.8, 4) is 5.75 Å². The highest BCUT2D eigenvalue weighted by atomic mass is 16.5. The maximum atomic E-state index is 11.7. The van der Waals surface area contributed by atoms with Crippen LogP contribution in [0.4, 0.5) is 0 Å². The number of nitrogens with one attached hydrogen (secondary N) is 1. The summed E-state index contributed by atoms with van der Waals surface area (Å²) in [5.74, 6) is -0.928. The first-order valence-electron chi connectivity index (χ1n) is 6.91. The van der Waals surface area contributed by atoms with Gasteiger partial charge in [0.1, 0.15) is 11.8 Å². The summed E-state index contributed by atoms with van der Waals surface area (Å²) in [4.78, 5) is 22.7. The van der Waals surface area contributed by atoms with Gasteiger partial charge in [0.15, 0.2) is 6.61 Å². The lowest BCUT2D eigenvalue weighted by Gasteiger charge is -2.13. The van der Waals surface area contributed by atoms with Gasteiger partial charge in [-0.3, -0.25) is 4.79 Å². The fourth-order valence-corrected chi connectivity index (χ4v) is 1.70. The van der Waals surface area contributed by atoms with Crippen LogP contribution in [-0.2, 0) is 16.0 Å². The van der Waals surface area contributed by atoms with Crippen LogP contribution in [0.5, 0.6) is 5.75 Å². The minimum absolute atomic E-state index is 0.203. The zero-order valence-electron chi connectivity index (χ0n) is 12.3. The minimum atomic E-state index is -1.06. The summed E-state index contributed by atoms with van der Waals surface area (Å²) >= 11 is 0. The van der Waals surface area contributed by atoms with Gasteiger partial charge in [0.2, 0.25) is 0 Å². The second-order valence-electron chi connectivity index (χ2n) is 4.55. The van der Waals surface area contributed by atoms with E-state index in [2.05, 4.69) is 12.2 Å². The van der Waals surface area contributed by atoms with Gasteiger partial charge < -0.3 is 15.2 Å². The number of rotatable bonds is 8. The quantitative estimate of drug-likeness (QED) is 0.720. The molecule has 0 aliphatic rings. The Morgan fingerprint density at radius 2 is 2.00 bits per heavy atom. The van der Waals surface area contributed by atoms with Crippen LogP contribution in [0.25, 0.3) is 0 Å². The van der Waals surface area contributed by atoms with E-state index in [1.807, 2.05) is 12.1 Å². The highest BCUT2D eigenvalue weighted by molar-refractivity contribution is 5.84. The van der Waals surface area contributed by atoms with Gasteiger partial charge in [-0.1, -0.05) is 31.2 Å². The van der Waals surface area contributed by atoms with Crippen molar-refractivity contribution in [1.29, 1.82) is 0 Å². The second kappa shape index (κ2) is 8.79. The van der Waals surface area contributed by atoms with Crippen LogP contribution in [0.2, 0.25) is 0 Å². The van der Waals surface area contributed by atoms with Crippen LogP contribution in [0.3, 0.4) is 0 Å². The predicted molar refractivity (Wildman–Crippen MR) is 80.3 cm³/mol. The Labute approximate surface area is 124 Å². The molecule has 0 radical (unpaired) electrons. The lowest BCUT2D eigenvalue weighted by molar-refractivity contribution is -0.142. The molecule has 0 aliphatic carbocycles. The standard InChI is InChI=1S/C16H21NO4/c1-3-5-6-14(16(19)20)17-15(18)11-21-13-9-7-12(4-2)8-10-13/h3,5,7-10,14H,4,6,11H2,1-2H3,(H,17,18)(H,19,20)/b5-3+. The Bertz CT molecular complexity index is 494. The lowest BCUT2D eigenvalue weighted by Crippen LogP contribution is -2.42. The van der Waals surface area contributed by atoms with Gasteiger partial charge in [-0.05, 0) is 37.5 Å². The summed E-state index contributed by atoms with van der Waals surface area (Å²) in [6.07, 6.45) is 4.63. The molecule has 0 spiro atoms. The predicted octanol–water partition coefficient (Wildman–Crippen LogP) is 2.16. The highest BCUT2D eigenvalue weighted by Crippen LogP contribution is 2.12. The van der Waals surface area contributed by atoms with E-state index in [9.17, 15) is 9.59 Å². The van der Waals surface area contributed by atoms with E-state index in [-0.39, 0.29) is 13.0 Å². The monoisotopic (exact) mass is 291 g/mol. The third-order valence-electron chi connectivity index (χ3n) is 2.94. The fraction of sp³-hybridized carbons (Fsp3) is 0.375. The zero-order chi connectivity index (χ0) is 15.7. The average molecular weight is 291 g/mol. The summed E-state index contributed by atoms with van der Waals surface area (Å²) in [6.45, 7) is 3.65. The number of carbonyl (C=O) groups excluding carboxylic acids is 1. The summed E-state index contributed by atoms with van der Waals surface area (Å²) < 4.78 is 5.33. The molecule has 0 saturated carbocycles. The van der Waals surface area contributed by atoms with Crippen molar-refractivity contribution >= 4 is 11.9 Å². The highest BCUT2D eigenvalue weighted by Gasteiger charge is 2.18. The summed E-state index contributed by atoms with van der Waals surface area (Å²) in [5, 5.41) is 11.4. The van der Waals surface area contributed by atoms with Crippen LogP contribution in [0.15, 0.2) is 36.4 Å². The number of amides is 1. The largest absolute Gasteiger partial charge is 0.484 e. The molecule has 0 saturated heterocycles. The molecular formula is C16H21NO4. The van der Waals surface area contributed by atoms with Crippen molar-refractivity contribution in [1.82, 2.24) is 5.32 Å². The third kappa shape index (κ3) is 6.12. The smallest absolute Gasteiger partial charge is 0.326 e. The maximum absolute atomic E-state index is 11.7. The SMILES string of the molecule is C/C=C/CC(NC(=O)COc1ccc(CC)cc1)C(=O)O. The number of benzene rings is 1. The zero-order valence-corrected chi connectivity index (χ0v) is 12.3. The molecule has 21 heavy (non-hydrogen) atoms. The first-order chi connectivity index (χ1) is 10.1. The van der Waals surface area contributed by atoms with Gasteiger partial charge in [-0.15, -0.1) is 0 Å². The number of carboxylic acids is 1. The first kappa shape index (κ1) is 16.8. The number of aliphatic carboxylic acids is 1. The number of carbonyl (C=O) groups is 2. The van der Waals surface area contributed by atoms with Gasteiger partial charge in [0.05, 0.1) is 0 Å². The number of hydrogen-bond acceptors (Lipinski definition) is 3. The number of ether oxygens (including phenoxy) is 1. The Balaban J connectivity index is 2.46. The van der Waals surface area contributed by atoms with Crippen LogP contribution < -0.4 is 10.1 Å². The van der Waals surface area contributed by atoms with Gasteiger partial charge >= 0.3 is 5.97 Å². The number of carboxylic acid groups (broad SMARTS) is 1. The molecule has 0 bridgehead atoms. The molecule has 114 valence electrons. The minimum Gasteiger partial charge on any atom is -0.484 e. The topological polar surface area (TPSA) is 75.6 Å². The Kier molecular flexibility index (Phi) is 7.01. The molecule has 0 aliphatic heterocycles. The van der Waals surface area contributed by atoms with E-state index in [1.165, 1.54) is 5.56 Å². The molecule has 1 aromatic rings. The number of allylic oxidation sites excluding steroid dienone is 1. The van der Waals surface area contributed by atoms with Crippen LogP contribution in [-0.4, -0.2) is 29.6 Å². The maximum Gasteiger partial charge on any atom is 0.326 e. The number of hydrogen-bond donors (Lipinski definition) is 2. The molecule has 0 fully saturated rings. The van der Waals surface area contributed by atoms with Gasteiger partial charge in [-0.2, -0.15) is 0 Å². The Hall–Kier alpha value is -2.30. The summed E-state index contributed by atoms with van der Waals surface area (Å²) in [7, 11) is 0. The van der Waals surface area contributed by atoms with E-state index in [0.29, 0.717) is 5.75 Å². The Morgan fingerprint density at radius 3 is 2.52 bits per heavy atom. The molecule has 1 atom stereocenters. The van der Waals surface area contributed by atoms with E-state index in [4.69, 9.17) is 9.84 Å². The first-order valence-corrected chi connectivity index (χ1v) is 6.91. The lowest BCUT2D eigenvalue weighted by atomic mass is 10.2. The second-order valence-corrected chi connectivity index (χ2v) is 4.55. The van der Waals surface area contributed by atoms with Crippen LogP contribution in [0.1, 0.15) is 25.8 Å². The molecule has 1 unspecified atom stereocenters. The van der Waals surface area contributed by atoms with Crippen molar-refractivity contribution in [2.24, 2.45) is 0 Å². The van der Waals surface area contributed by atoms with Crippen molar-refractivity contribution < 1.29 is 19.4 Å². The van der Waals surface area contributed by atoms with Crippen molar-refractivity contribution in [3.63, 3.8) is 0 Å². The molecular weight excluding hydrogens is 270 g/mol. The normalized spacial score (nSPS) is 12.1. The van der Waals surface area contributed by atoms with Gasteiger partial charge in [0, 0.05) is 0 Å². The molecule has 1 rings (SSSR count). The molecule has 1 amide bonds. The number of aryl methyl sites for hydroxylation is 1.